The zero-order valence-electron chi connectivity index (χ0n) is 6.85. The summed E-state index contributed by atoms with van der Waals surface area (Å²) in [5.41, 5.74) is 0.342. The molecule has 1 heterocycles. The van der Waals surface area contributed by atoms with Crippen LogP contribution in [0.3, 0.4) is 0 Å². The molecule has 0 aromatic heterocycles. The summed E-state index contributed by atoms with van der Waals surface area (Å²) in [5.74, 6) is 0. The monoisotopic (exact) mass is 144 g/mol. The molecule has 0 spiro atoms. The normalized spacial score (nSPS) is 33.0. The summed E-state index contributed by atoms with van der Waals surface area (Å²) in [5, 5.41) is 0. The number of rotatable bonds is 3. The van der Waals surface area contributed by atoms with E-state index in [-0.39, 0.29) is 0 Å². The minimum absolute atomic E-state index is 0.342. The van der Waals surface area contributed by atoms with E-state index in [1.54, 1.807) is 7.11 Å². The van der Waals surface area contributed by atoms with Crippen LogP contribution in [0.4, 0.5) is 0 Å². The van der Waals surface area contributed by atoms with Crippen molar-refractivity contribution in [1.82, 2.24) is 0 Å². The van der Waals surface area contributed by atoms with E-state index in [4.69, 9.17) is 9.47 Å². The first-order valence-electron chi connectivity index (χ1n) is 3.90. The second-order valence-corrected chi connectivity index (χ2v) is 3.09. The van der Waals surface area contributed by atoms with E-state index < -0.39 is 0 Å². The predicted octanol–water partition coefficient (Wildman–Crippen LogP) is 1.45. The second kappa shape index (κ2) is 3.35. The lowest BCUT2D eigenvalue weighted by Gasteiger charge is -2.23. The molecule has 2 heteroatoms. The van der Waals surface area contributed by atoms with Crippen LogP contribution in [0.5, 0.6) is 0 Å². The lowest BCUT2D eigenvalue weighted by Crippen LogP contribution is -2.25. The first-order chi connectivity index (χ1) is 4.83. The third-order valence-electron chi connectivity index (χ3n) is 2.39. The SMILES string of the molecule is CCC1(COC)CCOC1. The molecular weight excluding hydrogens is 128 g/mol. The van der Waals surface area contributed by atoms with Crippen molar-refractivity contribution in [3.8, 4) is 0 Å². The van der Waals surface area contributed by atoms with Crippen LogP contribution in [0.2, 0.25) is 0 Å². The molecule has 0 N–H and O–H groups in total. The zero-order chi connectivity index (χ0) is 7.45. The molecule has 1 aliphatic heterocycles. The summed E-state index contributed by atoms with van der Waals surface area (Å²) in [7, 11) is 1.76. The van der Waals surface area contributed by atoms with Crippen LogP contribution in [0, 0.1) is 5.41 Å². The number of hydrogen-bond donors (Lipinski definition) is 0. The summed E-state index contributed by atoms with van der Waals surface area (Å²) in [4.78, 5) is 0. The van der Waals surface area contributed by atoms with Gasteiger partial charge in [0.25, 0.3) is 0 Å². The molecule has 0 amide bonds. The molecule has 10 heavy (non-hydrogen) atoms. The summed E-state index contributed by atoms with van der Waals surface area (Å²) < 4.78 is 10.5. The van der Waals surface area contributed by atoms with Crippen molar-refractivity contribution < 1.29 is 9.47 Å². The highest BCUT2D eigenvalue weighted by molar-refractivity contribution is 4.81. The van der Waals surface area contributed by atoms with Crippen LogP contribution in [0.15, 0.2) is 0 Å². The Balaban J connectivity index is 2.41. The molecule has 0 radical (unpaired) electrons. The molecular formula is C8H16O2. The van der Waals surface area contributed by atoms with Crippen molar-refractivity contribution in [2.75, 3.05) is 26.9 Å². The highest BCUT2D eigenvalue weighted by Crippen LogP contribution is 2.31. The Morgan fingerprint density at radius 2 is 2.40 bits per heavy atom. The summed E-state index contributed by atoms with van der Waals surface area (Å²) in [6.07, 6.45) is 2.33. The molecule has 0 aromatic carbocycles. The van der Waals surface area contributed by atoms with E-state index in [0.29, 0.717) is 5.41 Å². The third kappa shape index (κ3) is 1.50. The van der Waals surface area contributed by atoms with Gasteiger partial charge in [-0.25, -0.2) is 0 Å². The highest BCUT2D eigenvalue weighted by atomic mass is 16.5. The molecule has 1 fully saturated rings. The van der Waals surface area contributed by atoms with Crippen LogP contribution in [-0.4, -0.2) is 26.9 Å². The van der Waals surface area contributed by atoms with Crippen LogP contribution in [0.1, 0.15) is 19.8 Å². The molecule has 1 atom stereocenters. The average molecular weight is 144 g/mol. The first-order valence-corrected chi connectivity index (χ1v) is 3.90. The van der Waals surface area contributed by atoms with E-state index in [0.717, 1.165) is 26.2 Å². The predicted molar refractivity (Wildman–Crippen MR) is 40.0 cm³/mol. The van der Waals surface area contributed by atoms with Crippen LogP contribution < -0.4 is 0 Å². The Kier molecular flexibility index (Phi) is 2.69. The summed E-state index contributed by atoms with van der Waals surface area (Å²) >= 11 is 0. The van der Waals surface area contributed by atoms with Crippen molar-refractivity contribution in [2.24, 2.45) is 5.41 Å². The van der Waals surface area contributed by atoms with Crippen LogP contribution >= 0.6 is 0 Å². The maximum atomic E-state index is 5.32. The van der Waals surface area contributed by atoms with Gasteiger partial charge in [-0.15, -0.1) is 0 Å². The Bertz CT molecular complexity index is 95.4. The number of ether oxygens (including phenoxy) is 2. The fourth-order valence-electron chi connectivity index (χ4n) is 1.45. The van der Waals surface area contributed by atoms with Gasteiger partial charge in [0.05, 0.1) is 13.2 Å². The van der Waals surface area contributed by atoms with Gasteiger partial charge < -0.3 is 9.47 Å². The van der Waals surface area contributed by atoms with Crippen molar-refractivity contribution in [2.45, 2.75) is 19.8 Å². The Morgan fingerprint density at radius 3 is 2.80 bits per heavy atom. The van der Waals surface area contributed by atoms with Gasteiger partial charge in [-0.05, 0) is 12.8 Å². The van der Waals surface area contributed by atoms with E-state index in [9.17, 15) is 0 Å². The Labute approximate surface area is 62.5 Å². The van der Waals surface area contributed by atoms with E-state index >= 15 is 0 Å². The van der Waals surface area contributed by atoms with Gasteiger partial charge in [-0.1, -0.05) is 6.92 Å². The van der Waals surface area contributed by atoms with Gasteiger partial charge in [0, 0.05) is 19.1 Å². The Morgan fingerprint density at radius 1 is 1.60 bits per heavy atom. The van der Waals surface area contributed by atoms with Gasteiger partial charge in [-0.2, -0.15) is 0 Å². The quantitative estimate of drug-likeness (QED) is 0.597. The van der Waals surface area contributed by atoms with Gasteiger partial charge in [-0.3, -0.25) is 0 Å². The van der Waals surface area contributed by atoms with Gasteiger partial charge in [0.1, 0.15) is 0 Å². The molecule has 0 aliphatic carbocycles. The number of methoxy groups -OCH3 is 1. The van der Waals surface area contributed by atoms with Gasteiger partial charge >= 0.3 is 0 Å². The topological polar surface area (TPSA) is 18.5 Å². The number of hydrogen-bond acceptors (Lipinski definition) is 2. The molecule has 1 aliphatic rings. The maximum absolute atomic E-state index is 5.32. The van der Waals surface area contributed by atoms with Gasteiger partial charge in [0.2, 0.25) is 0 Å². The van der Waals surface area contributed by atoms with Crippen LogP contribution in [-0.2, 0) is 9.47 Å². The highest BCUT2D eigenvalue weighted by Gasteiger charge is 2.32. The summed E-state index contributed by atoms with van der Waals surface area (Å²) in [6, 6.07) is 0. The Hall–Kier alpha value is -0.0800. The molecule has 0 saturated carbocycles. The van der Waals surface area contributed by atoms with E-state index in [1.807, 2.05) is 0 Å². The minimum atomic E-state index is 0.342. The lowest BCUT2D eigenvalue weighted by molar-refractivity contribution is 0.0602. The average Bonchev–Trinajstić information content (AvgIpc) is 2.39. The third-order valence-corrected chi connectivity index (χ3v) is 2.39. The minimum Gasteiger partial charge on any atom is -0.384 e. The molecule has 1 rings (SSSR count). The van der Waals surface area contributed by atoms with Crippen LogP contribution in [0.25, 0.3) is 0 Å². The first kappa shape index (κ1) is 8.02. The van der Waals surface area contributed by atoms with E-state index in [2.05, 4.69) is 6.92 Å². The van der Waals surface area contributed by atoms with Crippen molar-refractivity contribution in [3.05, 3.63) is 0 Å². The molecule has 0 bridgehead atoms. The second-order valence-electron chi connectivity index (χ2n) is 3.09. The lowest BCUT2D eigenvalue weighted by atomic mass is 9.86. The van der Waals surface area contributed by atoms with Crippen molar-refractivity contribution in [3.63, 3.8) is 0 Å². The van der Waals surface area contributed by atoms with Crippen molar-refractivity contribution in [1.29, 1.82) is 0 Å². The van der Waals surface area contributed by atoms with Crippen molar-refractivity contribution >= 4 is 0 Å². The van der Waals surface area contributed by atoms with Gasteiger partial charge in [0.15, 0.2) is 0 Å². The molecule has 2 nitrogen and oxygen atoms in total. The molecule has 1 saturated heterocycles. The fourth-order valence-corrected chi connectivity index (χ4v) is 1.45. The molecule has 0 aromatic rings. The van der Waals surface area contributed by atoms with E-state index in [1.165, 1.54) is 6.42 Å². The maximum Gasteiger partial charge on any atom is 0.0545 e. The zero-order valence-corrected chi connectivity index (χ0v) is 6.85. The molecule has 60 valence electrons. The fraction of sp³-hybridized carbons (Fsp3) is 1.00. The molecule has 1 unspecified atom stereocenters. The smallest absolute Gasteiger partial charge is 0.0545 e. The standard InChI is InChI=1S/C8H16O2/c1-3-8(6-9-2)4-5-10-7-8/h3-7H2,1-2H3. The largest absolute Gasteiger partial charge is 0.384 e. The summed E-state index contributed by atoms with van der Waals surface area (Å²) in [6.45, 7) is 4.85.